The zero-order chi connectivity index (χ0) is 13.9. The molecule has 2 aromatic heterocycles. The number of thioether (sulfide) groups is 1. The van der Waals surface area contributed by atoms with Gasteiger partial charge in [-0.3, -0.25) is 5.10 Å². The van der Waals surface area contributed by atoms with Crippen LogP contribution in [-0.2, 0) is 5.75 Å². The van der Waals surface area contributed by atoms with Crippen LogP contribution in [0.4, 0.5) is 0 Å². The molecule has 102 valence electrons. The molecule has 3 rings (SSSR count). The van der Waals surface area contributed by atoms with Gasteiger partial charge < -0.3 is 4.42 Å². The number of aryl methyl sites for hydroxylation is 1. The van der Waals surface area contributed by atoms with Gasteiger partial charge in [0.1, 0.15) is 5.82 Å². The lowest BCUT2D eigenvalue weighted by Crippen LogP contribution is -1.82. The van der Waals surface area contributed by atoms with Crippen molar-refractivity contribution in [2.24, 2.45) is 0 Å². The molecule has 0 radical (unpaired) electrons. The molecule has 0 aliphatic heterocycles. The molecule has 0 atom stereocenters. The summed E-state index contributed by atoms with van der Waals surface area (Å²) in [6, 6.07) is 7.29. The Morgan fingerprint density at radius 1 is 1.35 bits per heavy atom. The Balaban J connectivity index is 1.70. The summed E-state index contributed by atoms with van der Waals surface area (Å²) < 4.78 is 5.59. The first-order valence-corrected chi connectivity index (χ1v) is 7.17. The van der Waals surface area contributed by atoms with Gasteiger partial charge in [-0.05, 0) is 25.1 Å². The highest BCUT2D eigenvalue weighted by Gasteiger charge is 2.10. The Bertz CT molecular complexity index is 726. The Morgan fingerprint density at radius 2 is 2.25 bits per heavy atom. The van der Waals surface area contributed by atoms with Crippen LogP contribution in [0, 0.1) is 6.92 Å². The van der Waals surface area contributed by atoms with Crippen LogP contribution in [0.25, 0.3) is 11.5 Å². The van der Waals surface area contributed by atoms with Crippen LogP contribution >= 0.6 is 23.4 Å². The number of benzene rings is 1. The lowest BCUT2D eigenvalue weighted by atomic mass is 10.2. The van der Waals surface area contributed by atoms with Crippen LogP contribution in [0.1, 0.15) is 11.7 Å². The maximum absolute atomic E-state index is 5.93. The molecule has 6 nitrogen and oxygen atoms in total. The molecule has 8 heteroatoms. The summed E-state index contributed by atoms with van der Waals surface area (Å²) >= 11 is 7.36. The molecule has 0 aliphatic carbocycles. The van der Waals surface area contributed by atoms with Crippen molar-refractivity contribution in [3.05, 3.63) is 41.0 Å². The van der Waals surface area contributed by atoms with Crippen molar-refractivity contribution in [1.29, 1.82) is 0 Å². The molecule has 0 saturated carbocycles. The van der Waals surface area contributed by atoms with Gasteiger partial charge in [0, 0.05) is 10.6 Å². The standard InChI is InChI=1S/C12H10ClN5OS/c1-7-14-12(18-15-7)20-6-10-16-17-11(19-10)8-3-2-4-9(13)5-8/h2-5H,6H2,1H3,(H,14,15,18). The van der Waals surface area contributed by atoms with E-state index in [0.29, 0.717) is 27.7 Å². The van der Waals surface area contributed by atoms with Gasteiger partial charge in [0.25, 0.3) is 0 Å². The first-order valence-electron chi connectivity index (χ1n) is 5.81. The van der Waals surface area contributed by atoms with E-state index in [1.807, 2.05) is 19.1 Å². The number of aromatic nitrogens is 5. The predicted octanol–water partition coefficient (Wildman–Crippen LogP) is 3.11. The highest BCUT2D eigenvalue weighted by Crippen LogP contribution is 2.24. The molecule has 0 unspecified atom stereocenters. The highest BCUT2D eigenvalue weighted by atomic mass is 35.5. The molecule has 0 amide bonds. The number of hydrogen-bond donors (Lipinski definition) is 1. The minimum absolute atomic E-state index is 0.453. The van der Waals surface area contributed by atoms with Crippen molar-refractivity contribution in [1.82, 2.24) is 25.4 Å². The smallest absolute Gasteiger partial charge is 0.247 e. The lowest BCUT2D eigenvalue weighted by molar-refractivity contribution is 0.528. The number of rotatable bonds is 4. The molecule has 3 aromatic rings. The molecule has 1 N–H and O–H groups in total. The van der Waals surface area contributed by atoms with Gasteiger partial charge in [-0.1, -0.05) is 29.4 Å². The van der Waals surface area contributed by atoms with Gasteiger partial charge in [0.2, 0.25) is 16.9 Å². The Kier molecular flexibility index (Phi) is 3.70. The van der Waals surface area contributed by atoms with Crippen molar-refractivity contribution >= 4 is 23.4 Å². The quantitative estimate of drug-likeness (QED) is 0.746. The second-order valence-electron chi connectivity index (χ2n) is 4.00. The van der Waals surface area contributed by atoms with Crippen molar-refractivity contribution in [2.45, 2.75) is 17.8 Å². The van der Waals surface area contributed by atoms with E-state index < -0.39 is 0 Å². The van der Waals surface area contributed by atoms with E-state index in [1.165, 1.54) is 11.8 Å². The van der Waals surface area contributed by atoms with E-state index in [9.17, 15) is 0 Å². The summed E-state index contributed by atoms with van der Waals surface area (Å²) in [6.07, 6.45) is 0. The fraction of sp³-hybridized carbons (Fsp3) is 0.167. The van der Waals surface area contributed by atoms with E-state index in [1.54, 1.807) is 12.1 Å². The monoisotopic (exact) mass is 307 g/mol. The average molecular weight is 308 g/mol. The average Bonchev–Trinajstić information content (AvgIpc) is 3.05. The number of nitrogens with zero attached hydrogens (tertiary/aromatic N) is 4. The maximum atomic E-state index is 5.93. The van der Waals surface area contributed by atoms with Gasteiger partial charge in [0.05, 0.1) is 5.75 Å². The predicted molar refractivity (Wildman–Crippen MR) is 75.4 cm³/mol. The second kappa shape index (κ2) is 5.64. The van der Waals surface area contributed by atoms with Gasteiger partial charge in [-0.2, -0.15) is 0 Å². The summed E-state index contributed by atoms with van der Waals surface area (Å²) in [5.74, 6) is 2.27. The molecule has 0 fully saturated rings. The van der Waals surface area contributed by atoms with Gasteiger partial charge in [-0.15, -0.1) is 15.3 Å². The third kappa shape index (κ3) is 3.00. The molecule has 0 spiro atoms. The van der Waals surface area contributed by atoms with Gasteiger partial charge >= 0.3 is 0 Å². The first-order chi connectivity index (χ1) is 9.70. The minimum atomic E-state index is 0.453. The molecule has 0 saturated heterocycles. The molecular formula is C12H10ClN5OS. The molecule has 20 heavy (non-hydrogen) atoms. The topological polar surface area (TPSA) is 80.5 Å². The third-order valence-electron chi connectivity index (χ3n) is 2.44. The fourth-order valence-electron chi connectivity index (χ4n) is 1.56. The van der Waals surface area contributed by atoms with Gasteiger partial charge in [-0.25, -0.2) is 4.98 Å². The van der Waals surface area contributed by atoms with Crippen LogP contribution in [-0.4, -0.2) is 25.4 Å². The van der Waals surface area contributed by atoms with Crippen LogP contribution in [0.2, 0.25) is 5.02 Å². The fourth-order valence-corrected chi connectivity index (χ4v) is 2.43. The van der Waals surface area contributed by atoms with Crippen LogP contribution < -0.4 is 0 Å². The summed E-state index contributed by atoms with van der Waals surface area (Å²) in [6.45, 7) is 1.85. The largest absolute Gasteiger partial charge is 0.420 e. The van der Waals surface area contributed by atoms with Crippen molar-refractivity contribution in [2.75, 3.05) is 0 Å². The molecule has 0 aliphatic rings. The van der Waals surface area contributed by atoms with E-state index >= 15 is 0 Å². The Morgan fingerprint density at radius 3 is 3.00 bits per heavy atom. The number of H-pyrrole nitrogens is 1. The second-order valence-corrected chi connectivity index (χ2v) is 5.38. The first kappa shape index (κ1) is 13.1. The Labute approximate surface area is 124 Å². The Hall–Kier alpha value is -1.86. The maximum Gasteiger partial charge on any atom is 0.247 e. The summed E-state index contributed by atoms with van der Waals surface area (Å²) in [4.78, 5) is 4.19. The SMILES string of the molecule is Cc1nc(SCc2nnc(-c3cccc(Cl)c3)o2)n[nH]1. The zero-order valence-corrected chi connectivity index (χ0v) is 12.1. The van der Waals surface area contributed by atoms with Crippen molar-refractivity contribution in [3.8, 4) is 11.5 Å². The van der Waals surface area contributed by atoms with E-state index in [-0.39, 0.29) is 0 Å². The van der Waals surface area contributed by atoms with Crippen LogP contribution in [0.15, 0.2) is 33.8 Å². The number of halogens is 1. The van der Waals surface area contributed by atoms with Crippen molar-refractivity contribution in [3.63, 3.8) is 0 Å². The molecular weight excluding hydrogens is 298 g/mol. The summed E-state index contributed by atoms with van der Waals surface area (Å²) in [5, 5.41) is 16.1. The summed E-state index contributed by atoms with van der Waals surface area (Å²) in [5.41, 5.74) is 0.801. The number of aromatic amines is 1. The third-order valence-corrected chi connectivity index (χ3v) is 3.51. The normalized spacial score (nSPS) is 10.9. The zero-order valence-electron chi connectivity index (χ0n) is 10.5. The molecule has 1 aromatic carbocycles. The number of hydrogen-bond acceptors (Lipinski definition) is 6. The van der Waals surface area contributed by atoms with E-state index in [0.717, 1.165) is 11.4 Å². The van der Waals surface area contributed by atoms with E-state index in [4.69, 9.17) is 16.0 Å². The van der Waals surface area contributed by atoms with Crippen LogP contribution in [0.5, 0.6) is 0 Å². The molecule has 2 heterocycles. The highest BCUT2D eigenvalue weighted by molar-refractivity contribution is 7.98. The summed E-state index contributed by atoms with van der Waals surface area (Å²) in [7, 11) is 0. The van der Waals surface area contributed by atoms with E-state index in [2.05, 4.69) is 25.4 Å². The number of nitrogens with one attached hydrogen (secondary N) is 1. The van der Waals surface area contributed by atoms with Crippen molar-refractivity contribution < 1.29 is 4.42 Å². The lowest BCUT2D eigenvalue weighted by Gasteiger charge is -1.94. The van der Waals surface area contributed by atoms with Crippen LogP contribution in [0.3, 0.4) is 0 Å². The van der Waals surface area contributed by atoms with Gasteiger partial charge in [0.15, 0.2) is 0 Å². The minimum Gasteiger partial charge on any atom is -0.420 e. The molecule has 0 bridgehead atoms.